The van der Waals surface area contributed by atoms with Crippen molar-refractivity contribution in [3.63, 3.8) is 0 Å². The van der Waals surface area contributed by atoms with Crippen molar-refractivity contribution in [3.8, 4) is 0 Å². The van der Waals surface area contributed by atoms with Gasteiger partial charge in [0.2, 0.25) is 0 Å². The summed E-state index contributed by atoms with van der Waals surface area (Å²) in [6.07, 6.45) is 5.63. The Kier molecular flexibility index (Phi) is 6.97. The normalized spacial score (nSPS) is 15.1. The highest BCUT2D eigenvalue weighted by atomic mass is 16.2. The van der Waals surface area contributed by atoms with Gasteiger partial charge in [-0.15, -0.1) is 0 Å². The van der Waals surface area contributed by atoms with E-state index in [1.54, 1.807) is 0 Å². The van der Waals surface area contributed by atoms with Crippen LogP contribution < -0.4 is 0 Å². The molecule has 1 nitrogen and oxygen atoms in total. The van der Waals surface area contributed by atoms with Gasteiger partial charge in [-0.3, -0.25) is 0 Å². The summed E-state index contributed by atoms with van der Waals surface area (Å²) in [5.74, 6) is 1.33. The highest BCUT2D eigenvalue weighted by molar-refractivity contribution is 5.00. The molecule has 78 valence electrons. The second-order valence-corrected chi connectivity index (χ2v) is 4.30. The van der Waals surface area contributed by atoms with Gasteiger partial charge in [-0.1, -0.05) is 32.4 Å². The van der Waals surface area contributed by atoms with Crippen molar-refractivity contribution in [1.29, 1.82) is 0 Å². The van der Waals surface area contributed by atoms with Gasteiger partial charge in [0.15, 0.2) is 0 Å². The highest BCUT2D eigenvalue weighted by Crippen LogP contribution is 2.14. The van der Waals surface area contributed by atoms with Crippen LogP contribution in [0.15, 0.2) is 11.6 Å². The molecule has 1 atom stereocenters. The van der Waals surface area contributed by atoms with Crippen LogP contribution in [0.1, 0.15) is 47.0 Å². The van der Waals surface area contributed by atoms with Crippen molar-refractivity contribution >= 4 is 0 Å². The highest BCUT2D eigenvalue weighted by Gasteiger charge is 2.00. The van der Waals surface area contributed by atoms with E-state index >= 15 is 0 Å². The molecule has 1 unspecified atom stereocenters. The predicted octanol–water partition coefficient (Wildman–Crippen LogP) is 3.39. The van der Waals surface area contributed by atoms with Crippen molar-refractivity contribution in [2.24, 2.45) is 11.8 Å². The second-order valence-electron chi connectivity index (χ2n) is 4.30. The summed E-state index contributed by atoms with van der Waals surface area (Å²) in [4.78, 5) is 0. The van der Waals surface area contributed by atoms with E-state index in [9.17, 15) is 0 Å². The topological polar surface area (TPSA) is 20.2 Å². The third-order valence-electron chi connectivity index (χ3n) is 2.66. The summed E-state index contributed by atoms with van der Waals surface area (Å²) < 4.78 is 0. The quantitative estimate of drug-likeness (QED) is 0.627. The lowest BCUT2D eigenvalue weighted by atomic mass is 9.99. The average Bonchev–Trinajstić information content (AvgIpc) is 2.04. The molecule has 0 spiro atoms. The van der Waals surface area contributed by atoms with Crippen LogP contribution in [-0.2, 0) is 0 Å². The number of aliphatic hydroxyl groups is 1. The molecule has 0 heterocycles. The third-order valence-corrected chi connectivity index (χ3v) is 2.66. The lowest BCUT2D eigenvalue weighted by Crippen LogP contribution is -1.97. The summed E-state index contributed by atoms with van der Waals surface area (Å²) in [7, 11) is 0. The lowest BCUT2D eigenvalue weighted by molar-refractivity contribution is 0.259. The molecule has 0 aromatic rings. The van der Waals surface area contributed by atoms with E-state index in [2.05, 4.69) is 33.8 Å². The van der Waals surface area contributed by atoms with Crippen LogP contribution in [0.4, 0.5) is 0 Å². The van der Waals surface area contributed by atoms with Gasteiger partial charge in [0, 0.05) is 6.61 Å². The Morgan fingerprint density at radius 1 is 1.23 bits per heavy atom. The van der Waals surface area contributed by atoms with E-state index in [-0.39, 0.29) is 0 Å². The first-order valence-electron chi connectivity index (χ1n) is 5.35. The Balaban J connectivity index is 3.59. The first-order valence-corrected chi connectivity index (χ1v) is 5.35. The molecule has 1 heteroatoms. The molecule has 13 heavy (non-hydrogen) atoms. The molecule has 0 aliphatic heterocycles. The van der Waals surface area contributed by atoms with Crippen molar-refractivity contribution in [2.45, 2.75) is 47.0 Å². The third kappa shape index (κ3) is 6.83. The molecule has 0 bridgehead atoms. The van der Waals surface area contributed by atoms with E-state index < -0.39 is 0 Å². The molecular weight excluding hydrogens is 160 g/mol. The number of hydrogen-bond donors (Lipinski definition) is 1. The molecule has 0 saturated heterocycles. The smallest absolute Gasteiger partial charge is 0.0433 e. The van der Waals surface area contributed by atoms with Crippen molar-refractivity contribution in [2.75, 3.05) is 6.61 Å². The molecule has 0 saturated carbocycles. The molecule has 0 fully saturated rings. The largest absolute Gasteiger partial charge is 0.396 e. The van der Waals surface area contributed by atoms with Gasteiger partial charge in [-0.2, -0.15) is 0 Å². The number of rotatable bonds is 6. The average molecular weight is 184 g/mol. The maximum Gasteiger partial charge on any atom is 0.0433 e. The zero-order valence-electron chi connectivity index (χ0n) is 9.51. The van der Waals surface area contributed by atoms with Crippen LogP contribution in [0.2, 0.25) is 0 Å². The zero-order chi connectivity index (χ0) is 10.3. The van der Waals surface area contributed by atoms with E-state index in [1.807, 2.05) is 0 Å². The van der Waals surface area contributed by atoms with E-state index in [0.717, 1.165) is 12.8 Å². The zero-order valence-corrected chi connectivity index (χ0v) is 9.51. The maximum absolute atomic E-state index is 8.72. The lowest BCUT2D eigenvalue weighted by Gasteiger charge is -2.08. The predicted molar refractivity (Wildman–Crippen MR) is 58.7 cm³/mol. The monoisotopic (exact) mass is 184 g/mol. The van der Waals surface area contributed by atoms with Crippen LogP contribution in [0.25, 0.3) is 0 Å². The second kappa shape index (κ2) is 7.14. The van der Waals surface area contributed by atoms with Gasteiger partial charge < -0.3 is 5.11 Å². The van der Waals surface area contributed by atoms with Crippen LogP contribution >= 0.6 is 0 Å². The molecular formula is C12H24O. The van der Waals surface area contributed by atoms with Crippen molar-refractivity contribution < 1.29 is 5.11 Å². The first-order chi connectivity index (χ1) is 6.07. The first kappa shape index (κ1) is 12.7. The fraction of sp³-hybridized carbons (Fsp3) is 0.833. The van der Waals surface area contributed by atoms with Gasteiger partial charge in [-0.05, 0) is 38.0 Å². The maximum atomic E-state index is 8.72. The molecule has 0 aromatic heterocycles. The van der Waals surface area contributed by atoms with Gasteiger partial charge in [-0.25, -0.2) is 0 Å². The van der Waals surface area contributed by atoms with E-state index in [1.165, 1.54) is 12.0 Å². The number of allylic oxidation sites excluding steroid dienone is 2. The van der Waals surface area contributed by atoms with E-state index in [4.69, 9.17) is 5.11 Å². The van der Waals surface area contributed by atoms with E-state index in [0.29, 0.717) is 18.4 Å². The summed E-state index contributed by atoms with van der Waals surface area (Å²) in [6.45, 7) is 9.18. The molecule has 1 N–H and O–H groups in total. The Labute approximate surface area is 82.9 Å². The summed E-state index contributed by atoms with van der Waals surface area (Å²) in [5, 5.41) is 8.72. The van der Waals surface area contributed by atoms with Crippen LogP contribution in [-0.4, -0.2) is 11.7 Å². The van der Waals surface area contributed by atoms with Crippen LogP contribution in [0, 0.1) is 11.8 Å². The molecule has 0 rings (SSSR count). The Morgan fingerprint density at radius 2 is 1.85 bits per heavy atom. The molecule has 0 radical (unpaired) electrons. The molecule has 0 aliphatic rings. The van der Waals surface area contributed by atoms with Crippen LogP contribution in [0.5, 0.6) is 0 Å². The molecule has 0 aliphatic carbocycles. The van der Waals surface area contributed by atoms with Gasteiger partial charge in [0.1, 0.15) is 0 Å². The fourth-order valence-electron chi connectivity index (χ4n) is 1.20. The minimum atomic E-state index is 0.327. The molecule has 0 amide bonds. The van der Waals surface area contributed by atoms with Gasteiger partial charge in [0.05, 0.1) is 0 Å². The summed E-state index contributed by atoms with van der Waals surface area (Å²) >= 11 is 0. The molecule has 0 aromatic carbocycles. The van der Waals surface area contributed by atoms with Crippen molar-refractivity contribution in [3.05, 3.63) is 11.6 Å². The van der Waals surface area contributed by atoms with Gasteiger partial charge in [0.25, 0.3) is 0 Å². The minimum absolute atomic E-state index is 0.327. The van der Waals surface area contributed by atoms with Crippen molar-refractivity contribution in [1.82, 2.24) is 0 Å². The SMILES string of the molecule is C/C(=C/CCC(C)CCO)C(C)C. The number of aliphatic hydroxyl groups excluding tert-OH is 1. The fourth-order valence-corrected chi connectivity index (χ4v) is 1.20. The Bertz CT molecular complexity index is 147. The summed E-state index contributed by atoms with van der Waals surface area (Å²) in [6, 6.07) is 0. The summed E-state index contributed by atoms with van der Waals surface area (Å²) in [5.41, 5.74) is 1.48. The standard InChI is InChI=1S/C12H24O/c1-10(2)12(4)7-5-6-11(3)8-9-13/h7,10-11,13H,5-6,8-9H2,1-4H3/b12-7-. The number of hydrogen-bond acceptors (Lipinski definition) is 1. The Hall–Kier alpha value is -0.300. The minimum Gasteiger partial charge on any atom is -0.396 e. The van der Waals surface area contributed by atoms with Crippen LogP contribution in [0.3, 0.4) is 0 Å². The Morgan fingerprint density at radius 3 is 2.31 bits per heavy atom. The van der Waals surface area contributed by atoms with Gasteiger partial charge >= 0.3 is 0 Å².